The van der Waals surface area contributed by atoms with Gasteiger partial charge in [0, 0.05) is 11.6 Å². The van der Waals surface area contributed by atoms with Gasteiger partial charge >= 0.3 is 0 Å². The van der Waals surface area contributed by atoms with Gasteiger partial charge in [-0.05, 0) is 68.9 Å². The summed E-state index contributed by atoms with van der Waals surface area (Å²) in [5.41, 5.74) is 1.19. The second-order valence-electron chi connectivity index (χ2n) is 8.44. The van der Waals surface area contributed by atoms with Crippen molar-refractivity contribution in [3.8, 4) is 11.5 Å². The normalized spacial score (nSPS) is 15.2. The van der Waals surface area contributed by atoms with E-state index in [1.807, 2.05) is 25.1 Å². The fourth-order valence-corrected chi connectivity index (χ4v) is 4.88. The van der Waals surface area contributed by atoms with Gasteiger partial charge in [-0.1, -0.05) is 31.5 Å². The maximum absolute atomic E-state index is 13.7. The van der Waals surface area contributed by atoms with E-state index in [1.54, 1.807) is 30.2 Å². The summed E-state index contributed by atoms with van der Waals surface area (Å²) < 4.78 is 17.2. The molecule has 0 saturated carbocycles. The van der Waals surface area contributed by atoms with Crippen LogP contribution in [0.4, 0.5) is 0 Å². The highest BCUT2D eigenvalue weighted by Gasteiger charge is 2.42. The standard InChI is InChI=1S/C27H31ClN2O5/c1-5-29(6-2)13-8-14-30-24(17-9-11-21(34-7-3)22(15-17)33-4)23-25(31)19-16-18(28)10-12-20(19)35-26(23)27(30)32/h9-12,15-16,24H,5-8,13-14H2,1-4H3. The highest BCUT2D eigenvalue weighted by atomic mass is 35.5. The second-order valence-corrected chi connectivity index (χ2v) is 8.88. The second kappa shape index (κ2) is 10.7. The number of fused-ring (bicyclic) bond motifs is 2. The van der Waals surface area contributed by atoms with Crippen molar-refractivity contribution < 1.29 is 18.7 Å². The summed E-state index contributed by atoms with van der Waals surface area (Å²) in [6.07, 6.45) is 0.769. The van der Waals surface area contributed by atoms with Crippen LogP contribution in [0.5, 0.6) is 11.5 Å². The molecule has 2 aromatic carbocycles. The zero-order chi connectivity index (χ0) is 25.1. The highest BCUT2D eigenvalue weighted by molar-refractivity contribution is 6.31. The van der Waals surface area contributed by atoms with Gasteiger partial charge in [-0.3, -0.25) is 9.59 Å². The van der Waals surface area contributed by atoms with Crippen molar-refractivity contribution in [2.45, 2.75) is 33.2 Å². The Hall–Kier alpha value is -3.03. The maximum atomic E-state index is 13.7. The SMILES string of the molecule is CCOc1ccc(C2c3c(oc4ccc(Cl)cc4c3=O)C(=O)N2CCCN(CC)CC)cc1OC. The van der Waals surface area contributed by atoms with Gasteiger partial charge in [-0.25, -0.2) is 0 Å². The largest absolute Gasteiger partial charge is 0.493 e. The number of hydrogen-bond donors (Lipinski definition) is 0. The molecule has 0 aliphatic carbocycles. The van der Waals surface area contributed by atoms with E-state index in [1.165, 1.54) is 0 Å². The minimum atomic E-state index is -0.599. The van der Waals surface area contributed by atoms with Crippen LogP contribution in [0.25, 0.3) is 11.0 Å². The average molecular weight is 499 g/mol. The lowest BCUT2D eigenvalue weighted by atomic mass is 9.98. The quantitative estimate of drug-likeness (QED) is 0.386. The summed E-state index contributed by atoms with van der Waals surface area (Å²) in [6.45, 7) is 9.85. The third kappa shape index (κ3) is 4.75. The summed E-state index contributed by atoms with van der Waals surface area (Å²) in [7, 11) is 1.57. The molecule has 3 aromatic rings. The molecule has 1 unspecified atom stereocenters. The van der Waals surface area contributed by atoms with Crippen LogP contribution < -0.4 is 14.9 Å². The number of nitrogens with zero attached hydrogens (tertiary/aromatic N) is 2. The Morgan fingerprint density at radius 3 is 2.51 bits per heavy atom. The first-order valence-corrected chi connectivity index (χ1v) is 12.4. The zero-order valence-electron chi connectivity index (χ0n) is 20.6. The fraction of sp³-hybridized carbons (Fsp3) is 0.407. The van der Waals surface area contributed by atoms with Gasteiger partial charge in [0.1, 0.15) is 5.58 Å². The smallest absolute Gasteiger partial charge is 0.290 e. The molecule has 0 bridgehead atoms. The van der Waals surface area contributed by atoms with E-state index >= 15 is 0 Å². The number of halogens is 1. The van der Waals surface area contributed by atoms with Gasteiger partial charge < -0.3 is 23.7 Å². The predicted molar refractivity (Wildman–Crippen MR) is 137 cm³/mol. The Bertz CT molecular complexity index is 1280. The molecule has 0 spiro atoms. The van der Waals surface area contributed by atoms with Gasteiger partial charge in [0.15, 0.2) is 16.9 Å². The van der Waals surface area contributed by atoms with Crippen LogP contribution in [-0.4, -0.2) is 55.6 Å². The Morgan fingerprint density at radius 2 is 1.83 bits per heavy atom. The minimum Gasteiger partial charge on any atom is -0.493 e. The molecule has 1 aliphatic heterocycles. The Morgan fingerprint density at radius 1 is 1.06 bits per heavy atom. The van der Waals surface area contributed by atoms with Gasteiger partial charge in [0.2, 0.25) is 5.76 Å². The van der Waals surface area contributed by atoms with Crippen LogP contribution in [0.2, 0.25) is 5.02 Å². The van der Waals surface area contributed by atoms with Crippen molar-refractivity contribution in [1.29, 1.82) is 0 Å². The van der Waals surface area contributed by atoms with E-state index in [4.69, 9.17) is 25.5 Å². The molecule has 1 aromatic heterocycles. The lowest BCUT2D eigenvalue weighted by Crippen LogP contribution is -2.33. The Kier molecular flexibility index (Phi) is 7.67. The van der Waals surface area contributed by atoms with Crippen LogP contribution in [-0.2, 0) is 0 Å². The summed E-state index contributed by atoms with van der Waals surface area (Å²) >= 11 is 6.17. The molecule has 186 valence electrons. The van der Waals surface area contributed by atoms with E-state index in [-0.39, 0.29) is 17.1 Å². The third-order valence-corrected chi connectivity index (χ3v) is 6.73. The molecule has 1 atom stereocenters. The van der Waals surface area contributed by atoms with Crippen molar-refractivity contribution in [3.05, 3.63) is 68.5 Å². The fourth-order valence-electron chi connectivity index (χ4n) is 4.70. The van der Waals surface area contributed by atoms with Gasteiger partial charge in [0.05, 0.1) is 30.7 Å². The van der Waals surface area contributed by atoms with Crippen molar-refractivity contribution in [2.75, 3.05) is 39.9 Å². The molecule has 1 amide bonds. The van der Waals surface area contributed by atoms with E-state index in [9.17, 15) is 9.59 Å². The molecular formula is C27H31ClN2O5. The molecule has 1 aliphatic rings. The first-order chi connectivity index (χ1) is 16.9. The summed E-state index contributed by atoms with van der Waals surface area (Å²) in [5, 5.41) is 0.793. The Balaban J connectivity index is 1.83. The first-order valence-electron chi connectivity index (χ1n) is 12.0. The molecule has 8 heteroatoms. The number of carbonyl (C=O) groups is 1. The van der Waals surface area contributed by atoms with E-state index in [0.717, 1.165) is 31.6 Å². The third-order valence-electron chi connectivity index (χ3n) is 6.50. The van der Waals surface area contributed by atoms with Crippen molar-refractivity contribution in [1.82, 2.24) is 9.80 Å². The van der Waals surface area contributed by atoms with Crippen LogP contribution in [0.1, 0.15) is 54.9 Å². The number of benzene rings is 2. The summed E-state index contributed by atoms with van der Waals surface area (Å²) in [4.78, 5) is 31.3. The molecule has 0 N–H and O–H groups in total. The zero-order valence-corrected chi connectivity index (χ0v) is 21.4. The maximum Gasteiger partial charge on any atom is 0.290 e. The Labute approximate surface area is 210 Å². The van der Waals surface area contributed by atoms with Gasteiger partial charge in [0.25, 0.3) is 5.91 Å². The number of ether oxygens (including phenoxy) is 2. The number of carbonyl (C=O) groups excluding carboxylic acids is 1. The van der Waals surface area contributed by atoms with Crippen LogP contribution in [0.3, 0.4) is 0 Å². The lowest BCUT2D eigenvalue weighted by Gasteiger charge is -2.27. The van der Waals surface area contributed by atoms with Crippen molar-refractivity contribution in [3.63, 3.8) is 0 Å². The van der Waals surface area contributed by atoms with E-state index in [2.05, 4.69) is 18.7 Å². The molecule has 4 rings (SSSR count). The number of rotatable bonds is 10. The highest BCUT2D eigenvalue weighted by Crippen LogP contribution is 2.41. The lowest BCUT2D eigenvalue weighted by molar-refractivity contribution is 0.0720. The predicted octanol–water partition coefficient (Wildman–Crippen LogP) is 5.13. The van der Waals surface area contributed by atoms with Crippen molar-refractivity contribution >= 4 is 28.5 Å². The minimum absolute atomic E-state index is 0.0884. The van der Waals surface area contributed by atoms with Crippen LogP contribution in [0.15, 0.2) is 45.6 Å². The molecule has 35 heavy (non-hydrogen) atoms. The molecular weight excluding hydrogens is 468 g/mol. The molecule has 2 heterocycles. The topological polar surface area (TPSA) is 72.2 Å². The monoisotopic (exact) mass is 498 g/mol. The van der Waals surface area contributed by atoms with E-state index < -0.39 is 6.04 Å². The number of amides is 1. The number of methoxy groups -OCH3 is 1. The molecule has 0 saturated heterocycles. The van der Waals surface area contributed by atoms with Crippen LogP contribution >= 0.6 is 11.6 Å². The van der Waals surface area contributed by atoms with Crippen molar-refractivity contribution in [2.24, 2.45) is 0 Å². The van der Waals surface area contributed by atoms with Gasteiger partial charge in [-0.15, -0.1) is 0 Å². The average Bonchev–Trinajstić information content (AvgIpc) is 3.14. The summed E-state index contributed by atoms with van der Waals surface area (Å²) in [5.74, 6) is 0.951. The molecule has 0 radical (unpaired) electrons. The first kappa shape index (κ1) is 25.1. The number of hydrogen-bond acceptors (Lipinski definition) is 6. The van der Waals surface area contributed by atoms with Crippen LogP contribution in [0, 0.1) is 0 Å². The molecule has 7 nitrogen and oxygen atoms in total. The summed E-state index contributed by atoms with van der Waals surface area (Å²) in [6, 6.07) is 9.79. The molecule has 0 fully saturated rings. The van der Waals surface area contributed by atoms with Gasteiger partial charge in [-0.2, -0.15) is 0 Å². The van der Waals surface area contributed by atoms with E-state index in [0.29, 0.717) is 46.2 Å².